The Bertz CT molecular complexity index is 81.6. The number of rotatable bonds is 6. The Hall–Kier alpha value is 0.700. The maximum absolute atomic E-state index is 4.08. The molecule has 1 atom stereocenters. The van der Waals surface area contributed by atoms with Gasteiger partial charge in [0.05, 0.1) is 4.58 Å². The first-order chi connectivity index (χ1) is 5.16. The number of hydrogen-bond acceptors (Lipinski definition) is 2. The quantitative estimate of drug-likeness (QED) is 0.462. The second-order valence-corrected chi connectivity index (χ2v) is 6.23. The number of unbranched alkanes of at least 4 members (excludes halogenated alkanes) is 1. The lowest BCUT2D eigenvalue weighted by Crippen LogP contribution is -1.98. The van der Waals surface area contributed by atoms with Crippen LogP contribution in [0.3, 0.4) is 0 Å². The monoisotopic (exact) mass is 191 g/mol. The molecule has 0 aromatic heterocycles. The van der Waals surface area contributed by atoms with Crippen LogP contribution in [0.25, 0.3) is 0 Å². The fourth-order valence-corrected chi connectivity index (χ4v) is 3.30. The summed E-state index contributed by atoms with van der Waals surface area (Å²) in [5.41, 5.74) is 0. The molecule has 0 fully saturated rings. The van der Waals surface area contributed by atoms with Gasteiger partial charge in [0.1, 0.15) is 0 Å². The summed E-state index contributed by atoms with van der Waals surface area (Å²) in [6, 6.07) is 0. The van der Waals surface area contributed by atoms with E-state index in [0.29, 0.717) is 9.83 Å². The van der Waals surface area contributed by atoms with Crippen LogP contribution in [0.5, 0.6) is 0 Å². The molecule has 2 heteroatoms. The van der Waals surface area contributed by atoms with Gasteiger partial charge in [-0.15, -0.1) is 23.5 Å². The standard InChI is InChI=1S/C9H19S2/c1-5-6-7-10-9(4)11-8(2)3/h8-9H,4-7H2,1-3H3. The number of hydrogen-bond donors (Lipinski definition) is 0. The van der Waals surface area contributed by atoms with Gasteiger partial charge in [0.15, 0.2) is 0 Å². The second kappa shape index (κ2) is 7.35. The van der Waals surface area contributed by atoms with E-state index in [1.165, 1.54) is 18.6 Å². The lowest BCUT2D eigenvalue weighted by atomic mass is 10.4. The van der Waals surface area contributed by atoms with E-state index in [-0.39, 0.29) is 0 Å². The van der Waals surface area contributed by atoms with Gasteiger partial charge in [-0.3, -0.25) is 0 Å². The minimum absolute atomic E-state index is 0.529. The molecule has 0 aliphatic heterocycles. The largest absolute Gasteiger partial charge is 0.148 e. The summed E-state index contributed by atoms with van der Waals surface area (Å²) >= 11 is 3.94. The van der Waals surface area contributed by atoms with Gasteiger partial charge in [0.25, 0.3) is 0 Å². The third-order valence-corrected chi connectivity index (χ3v) is 3.71. The molecule has 11 heavy (non-hydrogen) atoms. The molecule has 0 aromatic rings. The highest BCUT2D eigenvalue weighted by Crippen LogP contribution is 2.26. The molecule has 0 heterocycles. The maximum Gasteiger partial charge on any atom is 0.0505 e. The van der Waals surface area contributed by atoms with Crippen molar-refractivity contribution in [2.75, 3.05) is 5.75 Å². The topological polar surface area (TPSA) is 0 Å². The van der Waals surface area contributed by atoms with Crippen molar-refractivity contribution in [1.82, 2.24) is 0 Å². The predicted molar refractivity (Wildman–Crippen MR) is 59.2 cm³/mol. The molecule has 0 saturated carbocycles. The van der Waals surface area contributed by atoms with E-state index in [0.717, 1.165) is 0 Å². The van der Waals surface area contributed by atoms with E-state index >= 15 is 0 Å². The SMILES string of the molecule is [CH2]C(SCCCC)SC(C)C. The van der Waals surface area contributed by atoms with Crippen LogP contribution in [0.15, 0.2) is 0 Å². The zero-order valence-corrected chi connectivity index (χ0v) is 9.43. The van der Waals surface area contributed by atoms with E-state index in [9.17, 15) is 0 Å². The van der Waals surface area contributed by atoms with Gasteiger partial charge >= 0.3 is 0 Å². The van der Waals surface area contributed by atoms with Crippen molar-refractivity contribution in [2.24, 2.45) is 0 Å². The molecule has 0 nitrogen and oxygen atoms in total. The molecule has 0 bridgehead atoms. The van der Waals surface area contributed by atoms with Gasteiger partial charge in [-0.05, 0) is 19.1 Å². The summed E-state index contributed by atoms with van der Waals surface area (Å²) in [4.78, 5) is 0. The first kappa shape index (κ1) is 11.7. The van der Waals surface area contributed by atoms with Crippen LogP contribution in [0.2, 0.25) is 0 Å². The highest BCUT2D eigenvalue weighted by molar-refractivity contribution is 8.17. The van der Waals surface area contributed by atoms with Crippen molar-refractivity contribution in [1.29, 1.82) is 0 Å². The molecule has 0 amide bonds. The molecule has 0 rings (SSSR count). The Balaban J connectivity index is 3.15. The molecular formula is C9H19S2. The Kier molecular flexibility index (Phi) is 7.82. The highest BCUT2D eigenvalue weighted by Gasteiger charge is 2.04. The molecule has 0 spiro atoms. The van der Waals surface area contributed by atoms with Crippen LogP contribution >= 0.6 is 23.5 Å². The van der Waals surface area contributed by atoms with Gasteiger partial charge in [-0.25, -0.2) is 0 Å². The minimum atomic E-state index is 0.529. The molecular weight excluding hydrogens is 172 g/mol. The average molecular weight is 191 g/mol. The van der Waals surface area contributed by atoms with Crippen molar-refractivity contribution in [2.45, 2.75) is 43.4 Å². The fraction of sp³-hybridized carbons (Fsp3) is 0.889. The predicted octanol–water partition coefficient (Wildman–Crippen LogP) is 3.82. The van der Waals surface area contributed by atoms with Crippen molar-refractivity contribution in [3.63, 3.8) is 0 Å². The van der Waals surface area contributed by atoms with E-state index in [4.69, 9.17) is 0 Å². The summed E-state index contributed by atoms with van der Waals surface area (Å²) in [5, 5.41) is 0.714. The molecule has 67 valence electrons. The summed E-state index contributed by atoms with van der Waals surface area (Å²) in [6.07, 6.45) is 2.63. The lowest BCUT2D eigenvalue weighted by Gasteiger charge is -2.12. The Morgan fingerprint density at radius 1 is 1.36 bits per heavy atom. The molecule has 0 saturated heterocycles. The van der Waals surface area contributed by atoms with Gasteiger partial charge in [0.2, 0.25) is 0 Å². The highest BCUT2D eigenvalue weighted by atomic mass is 32.2. The Morgan fingerprint density at radius 2 is 2.00 bits per heavy atom. The molecule has 1 unspecified atom stereocenters. The zero-order valence-electron chi connectivity index (χ0n) is 7.80. The van der Waals surface area contributed by atoms with Crippen molar-refractivity contribution >= 4 is 23.5 Å². The van der Waals surface area contributed by atoms with Gasteiger partial charge in [-0.1, -0.05) is 27.2 Å². The molecule has 1 radical (unpaired) electrons. The molecule has 0 aliphatic carbocycles. The van der Waals surface area contributed by atoms with Crippen LogP contribution in [0.4, 0.5) is 0 Å². The van der Waals surface area contributed by atoms with Crippen LogP contribution in [0, 0.1) is 6.92 Å². The molecule has 0 aromatic carbocycles. The van der Waals surface area contributed by atoms with E-state index in [2.05, 4.69) is 27.7 Å². The van der Waals surface area contributed by atoms with Crippen LogP contribution < -0.4 is 0 Å². The summed E-state index contributed by atoms with van der Waals surface area (Å²) < 4.78 is 0.529. The lowest BCUT2D eigenvalue weighted by molar-refractivity contribution is 0.896. The molecule has 0 aliphatic rings. The van der Waals surface area contributed by atoms with Crippen molar-refractivity contribution < 1.29 is 0 Å². The van der Waals surface area contributed by atoms with Crippen LogP contribution in [-0.4, -0.2) is 15.6 Å². The van der Waals surface area contributed by atoms with Crippen molar-refractivity contribution in [3.8, 4) is 0 Å². The summed E-state index contributed by atoms with van der Waals surface area (Å²) in [5.74, 6) is 1.27. The average Bonchev–Trinajstić information content (AvgIpc) is 1.86. The Labute approximate surface area is 79.9 Å². The van der Waals surface area contributed by atoms with Crippen molar-refractivity contribution in [3.05, 3.63) is 6.92 Å². The van der Waals surface area contributed by atoms with Crippen LogP contribution in [-0.2, 0) is 0 Å². The normalized spacial score (nSPS) is 13.9. The van der Waals surface area contributed by atoms with E-state index in [1.54, 1.807) is 0 Å². The van der Waals surface area contributed by atoms with E-state index < -0.39 is 0 Å². The Morgan fingerprint density at radius 3 is 2.45 bits per heavy atom. The smallest absolute Gasteiger partial charge is 0.0505 e. The summed E-state index contributed by atoms with van der Waals surface area (Å²) in [7, 11) is 0. The van der Waals surface area contributed by atoms with Gasteiger partial charge in [0, 0.05) is 5.25 Å². The van der Waals surface area contributed by atoms with Crippen LogP contribution in [0.1, 0.15) is 33.6 Å². The summed E-state index contributed by atoms with van der Waals surface area (Å²) in [6.45, 7) is 10.8. The maximum atomic E-state index is 4.08. The zero-order chi connectivity index (χ0) is 8.69. The van der Waals surface area contributed by atoms with E-state index in [1.807, 2.05) is 23.5 Å². The first-order valence-electron chi connectivity index (χ1n) is 4.27. The third kappa shape index (κ3) is 8.61. The molecule has 0 N–H and O–H groups in total. The first-order valence-corrected chi connectivity index (χ1v) is 6.26. The van der Waals surface area contributed by atoms with Gasteiger partial charge in [-0.2, -0.15) is 0 Å². The second-order valence-electron chi connectivity index (χ2n) is 2.84. The third-order valence-electron chi connectivity index (χ3n) is 1.23. The van der Waals surface area contributed by atoms with Gasteiger partial charge < -0.3 is 0 Å². The fourth-order valence-electron chi connectivity index (χ4n) is 0.702. The minimum Gasteiger partial charge on any atom is -0.148 e. The number of thioether (sulfide) groups is 2.